The molecule has 0 radical (unpaired) electrons. The maximum Gasteiger partial charge on any atom is 0.268 e. The first-order valence-corrected chi connectivity index (χ1v) is 8.95. The van der Waals surface area contributed by atoms with Gasteiger partial charge in [-0.3, -0.25) is 4.79 Å². The molecule has 2 aromatic carbocycles. The molecule has 7 heteroatoms. The molecule has 6 nitrogen and oxygen atoms in total. The number of fused-ring (bicyclic) bond motifs is 1. The van der Waals surface area contributed by atoms with Crippen molar-refractivity contribution in [3.05, 3.63) is 76.0 Å². The van der Waals surface area contributed by atoms with E-state index in [1.807, 2.05) is 24.3 Å². The van der Waals surface area contributed by atoms with Gasteiger partial charge >= 0.3 is 0 Å². The van der Waals surface area contributed by atoms with Crippen LogP contribution < -0.4 is 5.56 Å². The molecule has 0 aliphatic rings. The first-order chi connectivity index (χ1) is 13.1. The Bertz CT molecular complexity index is 1230. The third-order valence-electron chi connectivity index (χ3n) is 4.21. The zero-order valence-electron chi connectivity index (χ0n) is 14.1. The van der Waals surface area contributed by atoms with Crippen molar-refractivity contribution < 1.29 is 9.63 Å². The van der Waals surface area contributed by atoms with Crippen LogP contribution in [0, 0.1) is 0 Å². The molecule has 27 heavy (non-hydrogen) atoms. The van der Waals surface area contributed by atoms with Crippen LogP contribution in [-0.2, 0) is 6.54 Å². The van der Waals surface area contributed by atoms with Crippen molar-refractivity contribution in [3.8, 4) is 28.6 Å². The standard InChI is InChI=1S/C20H14BrN3O3/c1-2-11-24-15-10-6-4-8-13(15)17(25)16(20(24)26)19-22-18(23-27-19)12-7-3-5-9-14(12)21/h2-10,25H,1,11H2. The van der Waals surface area contributed by atoms with Gasteiger partial charge in [-0.05, 0) is 24.3 Å². The number of para-hydroxylation sites is 1. The number of aromatic hydroxyl groups is 1. The summed E-state index contributed by atoms with van der Waals surface area (Å²) in [5.41, 5.74) is 0.878. The molecule has 0 spiro atoms. The van der Waals surface area contributed by atoms with Crippen molar-refractivity contribution in [2.45, 2.75) is 6.54 Å². The van der Waals surface area contributed by atoms with Gasteiger partial charge in [0, 0.05) is 22.0 Å². The van der Waals surface area contributed by atoms with Gasteiger partial charge in [-0.15, -0.1) is 6.58 Å². The highest BCUT2D eigenvalue weighted by Gasteiger charge is 2.23. The van der Waals surface area contributed by atoms with Crippen molar-refractivity contribution in [2.24, 2.45) is 0 Å². The zero-order valence-corrected chi connectivity index (χ0v) is 15.7. The van der Waals surface area contributed by atoms with Crippen LogP contribution in [0.4, 0.5) is 0 Å². The van der Waals surface area contributed by atoms with Crippen LogP contribution in [0.5, 0.6) is 5.75 Å². The highest BCUT2D eigenvalue weighted by molar-refractivity contribution is 9.10. The summed E-state index contributed by atoms with van der Waals surface area (Å²) < 4.78 is 7.63. The third-order valence-corrected chi connectivity index (χ3v) is 4.90. The molecule has 134 valence electrons. The number of pyridine rings is 1. The summed E-state index contributed by atoms with van der Waals surface area (Å²) in [6.45, 7) is 3.99. The van der Waals surface area contributed by atoms with E-state index in [1.165, 1.54) is 4.57 Å². The Balaban J connectivity index is 1.96. The summed E-state index contributed by atoms with van der Waals surface area (Å²) in [6.07, 6.45) is 1.62. The number of rotatable bonds is 4. The lowest BCUT2D eigenvalue weighted by atomic mass is 10.1. The van der Waals surface area contributed by atoms with Crippen molar-refractivity contribution in [2.75, 3.05) is 0 Å². The maximum atomic E-state index is 13.0. The summed E-state index contributed by atoms with van der Waals surface area (Å²) in [6, 6.07) is 14.5. The molecule has 0 aliphatic carbocycles. The smallest absolute Gasteiger partial charge is 0.268 e. The second-order valence-corrected chi connectivity index (χ2v) is 6.70. The van der Waals surface area contributed by atoms with Gasteiger partial charge in [0.2, 0.25) is 5.82 Å². The zero-order chi connectivity index (χ0) is 19.0. The van der Waals surface area contributed by atoms with E-state index in [0.717, 1.165) is 10.0 Å². The van der Waals surface area contributed by atoms with Gasteiger partial charge in [0.1, 0.15) is 11.3 Å². The number of benzene rings is 2. The molecular weight excluding hydrogens is 410 g/mol. The fraction of sp³-hybridized carbons (Fsp3) is 0.0500. The lowest BCUT2D eigenvalue weighted by molar-refractivity contribution is 0.425. The van der Waals surface area contributed by atoms with Crippen LogP contribution in [0.2, 0.25) is 0 Å². The molecule has 0 atom stereocenters. The number of halogens is 1. The van der Waals surface area contributed by atoms with Crippen molar-refractivity contribution in [1.29, 1.82) is 0 Å². The average Bonchev–Trinajstić information content (AvgIpc) is 3.15. The number of aromatic nitrogens is 3. The normalized spacial score (nSPS) is 11.0. The highest BCUT2D eigenvalue weighted by atomic mass is 79.9. The summed E-state index contributed by atoms with van der Waals surface area (Å²) in [5.74, 6) is 0.102. The minimum Gasteiger partial charge on any atom is -0.506 e. The van der Waals surface area contributed by atoms with Gasteiger partial charge in [-0.1, -0.05) is 51.4 Å². The van der Waals surface area contributed by atoms with Gasteiger partial charge in [-0.2, -0.15) is 4.98 Å². The van der Waals surface area contributed by atoms with Gasteiger partial charge in [0.25, 0.3) is 11.4 Å². The molecule has 0 amide bonds. The molecule has 0 aliphatic heterocycles. The largest absolute Gasteiger partial charge is 0.506 e. The van der Waals surface area contributed by atoms with Crippen molar-refractivity contribution >= 4 is 26.8 Å². The Hall–Kier alpha value is -3.19. The van der Waals surface area contributed by atoms with Gasteiger partial charge in [0.05, 0.1) is 5.52 Å². The predicted molar refractivity (Wildman–Crippen MR) is 106 cm³/mol. The van der Waals surface area contributed by atoms with Crippen LogP contribution in [0.15, 0.2) is 75.0 Å². The minimum absolute atomic E-state index is 0.0265. The van der Waals surface area contributed by atoms with Crippen LogP contribution in [-0.4, -0.2) is 19.8 Å². The number of hydrogen-bond donors (Lipinski definition) is 1. The van der Waals surface area contributed by atoms with Crippen molar-refractivity contribution in [3.63, 3.8) is 0 Å². The number of hydrogen-bond acceptors (Lipinski definition) is 5. The molecule has 0 saturated carbocycles. The molecule has 0 unspecified atom stereocenters. The molecule has 2 heterocycles. The fourth-order valence-electron chi connectivity index (χ4n) is 2.97. The molecule has 4 aromatic rings. The molecule has 2 aromatic heterocycles. The summed E-state index contributed by atoms with van der Waals surface area (Å²) >= 11 is 3.44. The van der Waals surface area contributed by atoms with E-state index in [-0.39, 0.29) is 23.7 Å². The van der Waals surface area contributed by atoms with E-state index in [2.05, 4.69) is 32.6 Å². The minimum atomic E-state index is -0.423. The fourth-order valence-corrected chi connectivity index (χ4v) is 3.43. The number of allylic oxidation sites excluding steroid dienone is 1. The molecule has 0 saturated heterocycles. The maximum absolute atomic E-state index is 13.0. The summed E-state index contributed by atoms with van der Waals surface area (Å²) in [4.78, 5) is 17.4. The van der Waals surface area contributed by atoms with E-state index in [4.69, 9.17) is 4.52 Å². The molecule has 0 fully saturated rings. The Kier molecular flexibility index (Phi) is 4.37. The number of nitrogens with zero attached hydrogens (tertiary/aromatic N) is 3. The Morgan fingerprint density at radius 3 is 2.70 bits per heavy atom. The second-order valence-electron chi connectivity index (χ2n) is 5.85. The molecule has 1 N–H and O–H groups in total. The average molecular weight is 424 g/mol. The van der Waals surface area contributed by atoms with Gasteiger partial charge in [-0.25, -0.2) is 0 Å². The second kappa shape index (κ2) is 6.85. The van der Waals surface area contributed by atoms with E-state index >= 15 is 0 Å². The summed E-state index contributed by atoms with van der Waals surface area (Å²) in [5, 5.41) is 15.2. The van der Waals surface area contributed by atoms with Crippen molar-refractivity contribution in [1.82, 2.24) is 14.7 Å². The quantitative estimate of drug-likeness (QED) is 0.492. The first kappa shape index (κ1) is 17.2. The van der Waals surface area contributed by atoms with Gasteiger partial charge in [0.15, 0.2) is 0 Å². The van der Waals surface area contributed by atoms with Crippen LogP contribution >= 0.6 is 15.9 Å². The Labute approximate surface area is 162 Å². The van der Waals surface area contributed by atoms with E-state index in [0.29, 0.717) is 16.7 Å². The Morgan fingerprint density at radius 1 is 1.19 bits per heavy atom. The lowest BCUT2D eigenvalue weighted by Crippen LogP contribution is -2.22. The van der Waals surface area contributed by atoms with Crippen LogP contribution in [0.1, 0.15) is 0 Å². The van der Waals surface area contributed by atoms with Crippen LogP contribution in [0.3, 0.4) is 0 Å². The highest BCUT2D eigenvalue weighted by Crippen LogP contribution is 2.34. The summed E-state index contributed by atoms with van der Waals surface area (Å²) in [7, 11) is 0. The topological polar surface area (TPSA) is 81.2 Å². The SMILES string of the molecule is C=CCn1c(=O)c(-c2nc(-c3ccccc3Br)no2)c(O)c2ccccc21. The molecule has 4 rings (SSSR count). The molecule has 0 bridgehead atoms. The van der Waals surface area contributed by atoms with Gasteiger partial charge < -0.3 is 14.2 Å². The monoisotopic (exact) mass is 423 g/mol. The molecular formula is C20H14BrN3O3. The van der Waals surface area contributed by atoms with E-state index < -0.39 is 5.56 Å². The lowest BCUT2D eigenvalue weighted by Gasteiger charge is -2.11. The predicted octanol–water partition coefficient (Wildman–Crippen LogP) is 4.37. The van der Waals surface area contributed by atoms with Crippen LogP contribution in [0.25, 0.3) is 33.7 Å². The van der Waals surface area contributed by atoms with E-state index in [1.54, 1.807) is 30.3 Å². The Morgan fingerprint density at radius 2 is 1.93 bits per heavy atom. The third kappa shape index (κ3) is 2.86. The first-order valence-electron chi connectivity index (χ1n) is 8.16. The van der Waals surface area contributed by atoms with E-state index in [9.17, 15) is 9.90 Å².